The van der Waals surface area contributed by atoms with E-state index in [1.807, 2.05) is 36.4 Å². The number of benzene rings is 2. The van der Waals surface area contributed by atoms with Crippen molar-refractivity contribution in [2.75, 3.05) is 38.7 Å². The number of rotatable bonds is 6. The number of aryl methyl sites for hydroxylation is 1. The Morgan fingerprint density at radius 3 is 2.62 bits per heavy atom. The summed E-state index contributed by atoms with van der Waals surface area (Å²) in [5, 5.41) is 13.8. The van der Waals surface area contributed by atoms with Crippen molar-refractivity contribution in [2.24, 2.45) is 5.10 Å². The minimum absolute atomic E-state index is 0.0243. The van der Waals surface area contributed by atoms with Crippen LogP contribution in [0.4, 0.5) is 5.95 Å². The summed E-state index contributed by atoms with van der Waals surface area (Å²) in [6.45, 7) is 9.42. The molecule has 2 aromatic carbocycles. The Bertz CT molecular complexity index is 1280. The SMILES string of the molecule is Cc1cc(C=NNc2nc(-c3ccccc3)c(C#N)c(=O)[nH]2)c(C)c(CN2CCN(C)CC2)c1. The number of nitrogens with one attached hydrogen (secondary N) is 2. The van der Waals surface area contributed by atoms with Gasteiger partial charge < -0.3 is 4.90 Å². The van der Waals surface area contributed by atoms with Gasteiger partial charge in [-0.25, -0.2) is 10.4 Å². The zero-order valence-electron chi connectivity index (χ0n) is 19.8. The van der Waals surface area contributed by atoms with Crippen LogP contribution in [0, 0.1) is 25.2 Å². The molecule has 1 aliphatic heterocycles. The quantitative estimate of drug-likeness (QED) is 0.438. The first-order chi connectivity index (χ1) is 16.4. The molecule has 2 N–H and O–H groups in total. The monoisotopic (exact) mass is 455 g/mol. The van der Waals surface area contributed by atoms with Gasteiger partial charge in [-0.2, -0.15) is 10.4 Å². The number of anilines is 1. The van der Waals surface area contributed by atoms with Gasteiger partial charge >= 0.3 is 0 Å². The van der Waals surface area contributed by atoms with Crippen LogP contribution in [0.15, 0.2) is 52.4 Å². The molecule has 0 radical (unpaired) electrons. The lowest BCUT2D eigenvalue weighted by atomic mass is 9.99. The number of piperazine rings is 1. The zero-order chi connectivity index (χ0) is 24.1. The van der Waals surface area contributed by atoms with Gasteiger partial charge in [0.15, 0.2) is 0 Å². The minimum atomic E-state index is -0.504. The van der Waals surface area contributed by atoms with Gasteiger partial charge in [0.05, 0.1) is 11.9 Å². The fourth-order valence-electron chi connectivity index (χ4n) is 4.11. The third kappa shape index (κ3) is 5.39. The molecule has 0 unspecified atom stereocenters. The highest BCUT2D eigenvalue weighted by Gasteiger charge is 2.16. The molecule has 0 amide bonds. The maximum atomic E-state index is 12.4. The number of aromatic nitrogens is 2. The van der Waals surface area contributed by atoms with Gasteiger partial charge in [-0.1, -0.05) is 48.0 Å². The maximum absolute atomic E-state index is 12.4. The van der Waals surface area contributed by atoms with E-state index in [1.54, 1.807) is 6.21 Å². The Labute approximate surface area is 199 Å². The number of aromatic amines is 1. The Hall–Kier alpha value is -3.80. The number of nitrogens with zero attached hydrogens (tertiary/aromatic N) is 5. The van der Waals surface area contributed by atoms with Crippen molar-refractivity contribution in [1.82, 2.24) is 19.8 Å². The first-order valence-corrected chi connectivity index (χ1v) is 11.3. The van der Waals surface area contributed by atoms with Crippen LogP contribution < -0.4 is 11.0 Å². The molecule has 1 fully saturated rings. The van der Waals surface area contributed by atoms with E-state index in [-0.39, 0.29) is 11.5 Å². The van der Waals surface area contributed by atoms with Gasteiger partial charge in [0.2, 0.25) is 5.95 Å². The molecule has 1 aliphatic rings. The van der Waals surface area contributed by atoms with Crippen molar-refractivity contribution in [3.63, 3.8) is 0 Å². The van der Waals surface area contributed by atoms with Crippen LogP contribution in [0.1, 0.15) is 27.8 Å². The highest BCUT2D eigenvalue weighted by molar-refractivity contribution is 5.83. The van der Waals surface area contributed by atoms with Crippen molar-refractivity contribution >= 4 is 12.2 Å². The van der Waals surface area contributed by atoms with E-state index in [4.69, 9.17) is 0 Å². The predicted octanol–water partition coefficient (Wildman–Crippen LogP) is 3.12. The maximum Gasteiger partial charge on any atom is 0.270 e. The van der Waals surface area contributed by atoms with Crippen LogP contribution in [0.3, 0.4) is 0 Å². The standard InChI is InChI=1S/C26H29N7O/c1-18-13-21(19(2)22(14-18)17-33-11-9-32(3)10-12-33)16-28-31-26-29-24(20-7-5-4-6-8-20)23(15-27)25(34)30-26/h4-8,13-14,16H,9-12,17H2,1-3H3,(H2,29,30,31,34). The summed E-state index contributed by atoms with van der Waals surface area (Å²) < 4.78 is 0. The van der Waals surface area contributed by atoms with Crippen molar-refractivity contribution in [3.05, 3.63) is 80.6 Å². The van der Waals surface area contributed by atoms with Crippen LogP contribution in [0.25, 0.3) is 11.3 Å². The second-order valence-corrected chi connectivity index (χ2v) is 8.70. The molecule has 3 aromatic rings. The summed E-state index contributed by atoms with van der Waals surface area (Å²) in [6, 6.07) is 15.5. The fraction of sp³-hybridized carbons (Fsp3) is 0.308. The Morgan fingerprint density at radius 1 is 1.18 bits per heavy atom. The number of hydrogen-bond acceptors (Lipinski definition) is 7. The molecule has 0 bridgehead atoms. The minimum Gasteiger partial charge on any atom is -0.304 e. The third-order valence-electron chi connectivity index (χ3n) is 6.14. The third-order valence-corrected chi connectivity index (χ3v) is 6.14. The van der Waals surface area contributed by atoms with Crippen LogP contribution in [0.2, 0.25) is 0 Å². The lowest BCUT2D eigenvalue weighted by Gasteiger charge is -2.32. The summed E-state index contributed by atoms with van der Waals surface area (Å²) in [5.41, 5.74) is 7.98. The van der Waals surface area contributed by atoms with E-state index in [1.165, 1.54) is 16.7 Å². The largest absolute Gasteiger partial charge is 0.304 e. The molecule has 0 saturated carbocycles. The molecular weight excluding hydrogens is 426 g/mol. The van der Waals surface area contributed by atoms with Crippen molar-refractivity contribution in [1.29, 1.82) is 5.26 Å². The Kier molecular flexibility index (Phi) is 7.16. The number of hydrogen-bond donors (Lipinski definition) is 2. The molecule has 8 heteroatoms. The van der Waals surface area contributed by atoms with E-state index >= 15 is 0 Å². The molecule has 1 aromatic heterocycles. The first kappa shape index (κ1) is 23.4. The van der Waals surface area contributed by atoms with E-state index < -0.39 is 5.56 Å². The lowest BCUT2D eigenvalue weighted by Crippen LogP contribution is -2.44. The normalized spacial score (nSPS) is 14.9. The van der Waals surface area contributed by atoms with Gasteiger partial charge in [0, 0.05) is 38.3 Å². The molecular formula is C26H29N7O. The average Bonchev–Trinajstić information content (AvgIpc) is 2.83. The molecule has 1 saturated heterocycles. The molecule has 8 nitrogen and oxygen atoms in total. The van der Waals surface area contributed by atoms with Crippen LogP contribution in [-0.4, -0.2) is 59.2 Å². The summed E-state index contributed by atoms with van der Waals surface area (Å²) in [6.07, 6.45) is 1.75. The van der Waals surface area contributed by atoms with Crippen LogP contribution in [-0.2, 0) is 6.54 Å². The summed E-state index contributed by atoms with van der Waals surface area (Å²) >= 11 is 0. The fourth-order valence-corrected chi connectivity index (χ4v) is 4.11. The Balaban J connectivity index is 1.55. The van der Waals surface area contributed by atoms with E-state index in [0.717, 1.165) is 38.3 Å². The second-order valence-electron chi connectivity index (χ2n) is 8.70. The van der Waals surface area contributed by atoms with Gasteiger partial charge in [-0.05, 0) is 37.6 Å². The molecule has 0 aliphatic carbocycles. The van der Waals surface area contributed by atoms with Gasteiger partial charge in [-0.15, -0.1) is 0 Å². The van der Waals surface area contributed by atoms with E-state index in [2.05, 4.69) is 63.3 Å². The first-order valence-electron chi connectivity index (χ1n) is 11.3. The molecule has 34 heavy (non-hydrogen) atoms. The van der Waals surface area contributed by atoms with Crippen LogP contribution >= 0.6 is 0 Å². The number of likely N-dealkylation sites (N-methyl/N-ethyl adjacent to an activating group) is 1. The van der Waals surface area contributed by atoms with Gasteiger partial charge in [-0.3, -0.25) is 14.7 Å². The van der Waals surface area contributed by atoms with E-state index in [9.17, 15) is 10.1 Å². The summed E-state index contributed by atoms with van der Waals surface area (Å²) in [7, 11) is 2.16. The highest BCUT2D eigenvalue weighted by atomic mass is 16.1. The zero-order valence-corrected chi connectivity index (χ0v) is 19.8. The smallest absolute Gasteiger partial charge is 0.270 e. The highest BCUT2D eigenvalue weighted by Crippen LogP contribution is 2.20. The van der Waals surface area contributed by atoms with Gasteiger partial charge in [0.1, 0.15) is 11.6 Å². The lowest BCUT2D eigenvalue weighted by molar-refractivity contribution is 0.148. The topological polar surface area (TPSA) is 100 Å². The number of H-pyrrole nitrogens is 1. The number of hydrazone groups is 1. The molecule has 174 valence electrons. The summed E-state index contributed by atoms with van der Waals surface area (Å²) in [5.74, 6) is 0.182. The van der Waals surface area contributed by atoms with Crippen molar-refractivity contribution in [3.8, 4) is 17.3 Å². The average molecular weight is 456 g/mol. The van der Waals surface area contributed by atoms with Crippen LogP contribution in [0.5, 0.6) is 0 Å². The van der Waals surface area contributed by atoms with E-state index in [0.29, 0.717) is 11.3 Å². The molecule has 2 heterocycles. The molecule has 0 spiro atoms. The van der Waals surface area contributed by atoms with Crippen molar-refractivity contribution < 1.29 is 0 Å². The summed E-state index contributed by atoms with van der Waals surface area (Å²) in [4.78, 5) is 24.3. The predicted molar refractivity (Wildman–Crippen MR) is 135 cm³/mol. The van der Waals surface area contributed by atoms with Crippen molar-refractivity contribution in [2.45, 2.75) is 20.4 Å². The number of nitriles is 1. The molecule has 4 rings (SSSR count). The molecule has 0 atom stereocenters. The second kappa shape index (κ2) is 10.4. The Morgan fingerprint density at radius 2 is 1.91 bits per heavy atom. The van der Waals surface area contributed by atoms with Gasteiger partial charge in [0.25, 0.3) is 5.56 Å².